The monoisotopic (exact) mass is 571 g/mol. The number of nitrogens with one attached hydrogen (secondary N) is 1. The third-order valence-corrected chi connectivity index (χ3v) is 9.12. The minimum Gasteiger partial charge on any atom is -0.323 e. The van der Waals surface area contributed by atoms with Crippen LogP contribution in [0.15, 0.2) is 84.9 Å². The topological polar surface area (TPSA) is 92.5 Å². The minimum atomic E-state index is -4.73. The number of nitro benzene ring substituents is 1. The Morgan fingerprint density at radius 3 is 2.50 bits per heavy atom. The maximum Gasteiger partial charge on any atom is 0.418 e. The van der Waals surface area contributed by atoms with Crippen LogP contribution in [-0.4, -0.2) is 34.1 Å². The average molecular weight is 572 g/mol. The van der Waals surface area contributed by atoms with Crippen molar-refractivity contribution in [2.24, 2.45) is 5.92 Å². The molecular weight excluding hydrogens is 547 g/mol. The summed E-state index contributed by atoms with van der Waals surface area (Å²) in [7, 11) is 0. The number of para-hydroxylation sites is 1. The van der Waals surface area contributed by atoms with Gasteiger partial charge in [-0.25, -0.2) is 0 Å². The van der Waals surface area contributed by atoms with Crippen LogP contribution in [0.4, 0.5) is 24.5 Å². The molecule has 0 aliphatic carbocycles. The summed E-state index contributed by atoms with van der Waals surface area (Å²) in [6.07, 6.45) is -3.49. The summed E-state index contributed by atoms with van der Waals surface area (Å²) in [5.41, 5.74) is -2.26. The van der Waals surface area contributed by atoms with Crippen LogP contribution in [0.5, 0.6) is 0 Å². The Kier molecular flexibility index (Phi) is 5.78. The number of rotatable bonds is 4. The van der Waals surface area contributed by atoms with Gasteiger partial charge in [0.1, 0.15) is 5.54 Å². The van der Waals surface area contributed by atoms with Crippen LogP contribution in [0.25, 0.3) is 10.8 Å². The van der Waals surface area contributed by atoms with E-state index in [4.69, 9.17) is 0 Å². The second kappa shape index (κ2) is 9.22. The number of fused-ring (bicyclic) bond motifs is 5. The molecular formula is C32H24F3N3O4. The van der Waals surface area contributed by atoms with Crippen molar-refractivity contribution in [3.05, 3.63) is 117 Å². The maximum absolute atomic E-state index is 14.8. The van der Waals surface area contributed by atoms with Gasteiger partial charge in [0.25, 0.3) is 5.69 Å². The van der Waals surface area contributed by atoms with Crippen molar-refractivity contribution in [2.45, 2.75) is 36.5 Å². The molecule has 0 radical (unpaired) electrons. The fraction of sp³-hybridized carbons (Fsp3) is 0.250. The first kappa shape index (κ1) is 26.3. The molecule has 0 bridgehead atoms. The lowest BCUT2D eigenvalue weighted by molar-refractivity contribution is -0.384. The number of hydrogen-bond acceptors (Lipinski definition) is 5. The zero-order valence-electron chi connectivity index (χ0n) is 22.1. The normalized spacial score (nSPS) is 25.0. The second-order valence-corrected chi connectivity index (χ2v) is 11.1. The molecule has 212 valence electrons. The molecule has 4 aromatic carbocycles. The number of nitrogens with zero attached hydrogens (tertiary/aromatic N) is 2. The predicted molar refractivity (Wildman–Crippen MR) is 149 cm³/mol. The molecule has 7 rings (SSSR count). The first-order chi connectivity index (χ1) is 20.1. The van der Waals surface area contributed by atoms with Crippen LogP contribution in [0.3, 0.4) is 0 Å². The van der Waals surface area contributed by atoms with Gasteiger partial charge >= 0.3 is 6.18 Å². The third kappa shape index (κ3) is 3.64. The quantitative estimate of drug-likeness (QED) is 0.168. The van der Waals surface area contributed by atoms with E-state index < -0.39 is 51.8 Å². The van der Waals surface area contributed by atoms with Gasteiger partial charge in [-0.3, -0.25) is 24.6 Å². The number of nitro groups is 1. The lowest BCUT2D eigenvalue weighted by Crippen LogP contribution is -2.52. The van der Waals surface area contributed by atoms with Crippen molar-refractivity contribution in [1.82, 2.24) is 4.90 Å². The van der Waals surface area contributed by atoms with Gasteiger partial charge in [0.2, 0.25) is 5.91 Å². The highest BCUT2D eigenvalue weighted by atomic mass is 19.4. The Morgan fingerprint density at radius 2 is 1.74 bits per heavy atom. The highest BCUT2D eigenvalue weighted by Crippen LogP contribution is 2.62. The van der Waals surface area contributed by atoms with Crippen LogP contribution in [-0.2, 0) is 16.5 Å². The summed E-state index contributed by atoms with van der Waals surface area (Å²) in [5, 5.41) is 15.9. The van der Waals surface area contributed by atoms with E-state index in [1.54, 1.807) is 30.3 Å². The summed E-state index contributed by atoms with van der Waals surface area (Å²) in [6, 6.07) is 22.0. The molecule has 42 heavy (non-hydrogen) atoms. The maximum atomic E-state index is 14.8. The van der Waals surface area contributed by atoms with Crippen molar-refractivity contribution in [1.29, 1.82) is 0 Å². The van der Waals surface area contributed by atoms with E-state index in [9.17, 15) is 32.9 Å². The largest absolute Gasteiger partial charge is 0.418 e. The van der Waals surface area contributed by atoms with Crippen molar-refractivity contribution in [3.8, 4) is 0 Å². The van der Waals surface area contributed by atoms with Gasteiger partial charge in [-0.15, -0.1) is 0 Å². The minimum absolute atomic E-state index is 0.112. The molecule has 7 nitrogen and oxygen atoms in total. The molecule has 2 saturated heterocycles. The summed E-state index contributed by atoms with van der Waals surface area (Å²) in [6.45, 7) is 0.390. The molecule has 3 aliphatic rings. The number of ketones is 1. The number of alkyl halides is 3. The zero-order chi connectivity index (χ0) is 29.4. The summed E-state index contributed by atoms with van der Waals surface area (Å²) in [4.78, 5) is 42.0. The van der Waals surface area contributed by atoms with Crippen molar-refractivity contribution >= 4 is 33.8 Å². The third-order valence-electron chi connectivity index (χ3n) is 9.12. The molecule has 3 heterocycles. The van der Waals surface area contributed by atoms with Gasteiger partial charge in [0.15, 0.2) is 5.78 Å². The van der Waals surface area contributed by atoms with Gasteiger partial charge in [-0.1, -0.05) is 60.7 Å². The number of non-ortho nitro benzene ring substituents is 1. The van der Waals surface area contributed by atoms with Gasteiger partial charge in [0.05, 0.1) is 22.1 Å². The molecule has 1 N–H and O–H groups in total. The van der Waals surface area contributed by atoms with Crippen molar-refractivity contribution in [3.63, 3.8) is 0 Å². The number of carbonyl (C=O) groups is 2. The standard InChI is InChI=1S/C32H24F3N3O4/c33-32(34,35)24-11-4-10-23-28(24)36-30(40)31(23)27(29(39)21-14-13-18-6-1-2-7-19(18)16-21)26(25-12-5-15-37(25)31)20-8-3-9-22(17-20)38(41)42/h1-4,6-11,13-14,16-17,25-27H,5,12,15H2,(H,36,40)/t25?,26?,27?,31-/m1/s1. The molecule has 4 atom stereocenters. The molecule has 3 aliphatic heterocycles. The Morgan fingerprint density at radius 1 is 0.976 bits per heavy atom. The average Bonchev–Trinajstić information content (AvgIpc) is 3.64. The number of anilines is 1. The number of hydrogen-bond donors (Lipinski definition) is 1. The van der Waals surface area contributed by atoms with E-state index in [1.807, 2.05) is 29.2 Å². The molecule has 3 unspecified atom stereocenters. The Labute approximate surface area is 238 Å². The smallest absolute Gasteiger partial charge is 0.323 e. The SMILES string of the molecule is O=C(c1ccc2ccccc2c1)C1C(c2cccc([N+](=O)[O-])c2)C2CCCN2[C@@]12C(=O)Nc1c(C(F)(F)F)cccc12. The number of benzene rings is 4. The van der Waals surface area contributed by atoms with Crippen molar-refractivity contribution in [2.75, 3.05) is 11.9 Å². The van der Waals surface area contributed by atoms with Crippen LogP contribution < -0.4 is 5.32 Å². The first-order valence-electron chi connectivity index (χ1n) is 13.7. The summed E-state index contributed by atoms with van der Waals surface area (Å²) < 4.78 is 42.4. The lowest BCUT2D eigenvalue weighted by Gasteiger charge is -2.37. The van der Waals surface area contributed by atoms with Crippen LogP contribution >= 0.6 is 0 Å². The lowest BCUT2D eigenvalue weighted by atomic mass is 9.68. The highest BCUT2D eigenvalue weighted by molar-refractivity contribution is 6.13. The van der Waals surface area contributed by atoms with Gasteiger partial charge in [0, 0.05) is 35.2 Å². The van der Waals surface area contributed by atoms with E-state index in [0.29, 0.717) is 30.5 Å². The fourth-order valence-corrected chi connectivity index (χ4v) is 7.57. The van der Waals surface area contributed by atoms with E-state index in [-0.39, 0.29) is 16.9 Å². The predicted octanol–water partition coefficient (Wildman–Crippen LogP) is 6.68. The van der Waals surface area contributed by atoms with Crippen LogP contribution in [0.2, 0.25) is 0 Å². The molecule has 0 aromatic heterocycles. The first-order valence-corrected chi connectivity index (χ1v) is 13.7. The number of carbonyl (C=O) groups excluding carboxylic acids is 2. The van der Waals surface area contributed by atoms with E-state index >= 15 is 0 Å². The van der Waals surface area contributed by atoms with E-state index in [2.05, 4.69) is 5.32 Å². The van der Waals surface area contributed by atoms with E-state index in [1.165, 1.54) is 24.3 Å². The molecule has 1 spiro atoms. The van der Waals surface area contributed by atoms with E-state index in [0.717, 1.165) is 16.8 Å². The highest BCUT2D eigenvalue weighted by Gasteiger charge is 2.70. The number of amides is 1. The Hall–Kier alpha value is -4.57. The second-order valence-electron chi connectivity index (χ2n) is 11.1. The number of halogens is 3. The molecule has 2 fully saturated rings. The Balaban J connectivity index is 1.50. The fourth-order valence-electron chi connectivity index (χ4n) is 7.57. The molecule has 0 saturated carbocycles. The summed E-state index contributed by atoms with van der Waals surface area (Å²) in [5.74, 6) is -2.91. The molecule has 10 heteroatoms. The molecule has 4 aromatic rings. The Bertz CT molecular complexity index is 1810. The van der Waals surface area contributed by atoms with Gasteiger partial charge in [-0.2, -0.15) is 13.2 Å². The van der Waals surface area contributed by atoms with Crippen molar-refractivity contribution < 1.29 is 27.7 Å². The number of Topliss-reactive ketones (excluding diaryl/α,β-unsaturated/α-hetero) is 1. The zero-order valence-corrected chi connectivity index (χ0v) is 22.1. The summed E-state index contributed by atoms with van der Waals surface area (Å²) >= 11 is 0. The van der Waals surface area contributed by atoms with Crippen LogP contribution in [0, 0.1) is 16.0 Å². The van der Waals surface area contributed by atoms with Crippen LogP contribution in [0.1, 0.15) is 45.8 Å². The molecule has 1 amide bonds. The van der Waals surface area contributed by atoms with Gasteiger partial charge < -0.3 is 5.32 Å². The van der Waals surface area contributed by atoms with Gasteiger partial charge in [-0.05, 0) is 47.9 Å².